The van der Waals surface area contributed by atoms with E-state index in [1.807, 2.05) is 20.8 Å². The van der Waals surface area contributed by atoms with Crippen LogP contribution in [0.25, 0.3) is 0 Å². The van der Waals surface area contributed by atoms with E-state index in [2.05, 4.69) is 20.2 Å². The Morgan fingerprint density at radius 2 is 0.700 bits per heavy atom. The first-order valence-electron chi connectivity index (χ1n) is 32.7. The van der Waals surface area contributed by atoms with Crippen LogP contribution in [0.3, 0.4) is 0 Å². The van der Waals surface area contributed by atoms with Crippen molar-refractivity contribution in [2.45, 2.75) is 116 Å². The summed E-state index contributed by atoms with van der Waals surface area (Å²) in [5.74, 6) is -7.37. The van der Waals surface area contributed by atoms with Crippen molar-refractivity contribution in [1.82, 2.24) is 30.7 Å². The number of nitrogens with zero attached hydrogens (tertiary/aromatic N) is 6. The molecule has 22 nitrogen and oxygen atoms in total. The van der Waals surface area contributed by atoms with Crippen LogP contribution in [0, 0.1) is 20.8 Å². The molecule has 588 valence electrons. The Labute approximate surface area is 653 Å². The Morgan fingerprint density at radius 1 is 0.436 bits per heavy atom. The van der Waals surface area contributed by atoms with Crippen LogP contribution in [-0.4, -0.2) is 150 Å². The molecule has 0 saturated heterocycles. The summed E-state index contributed by atoms with van der Waals surface area (Å²) in [4.78, 5) is 130. The van der Waals surface area contributed by atoms with Gasteiger partial charge >= 0.3 is 24.6 Å². The van der Waals surface area contributed by atoms with Crippen molar-refractivity contribution in [2.24, 2.45) is 15.5 Å². The summed E-state index contributed by atoms with van der Waals surface area (Å²) >= 11 is 36.7. The predicted octanol–water partition coefficient (Wildman–Crippen LogP) is 15.6. The molecule has 110 heavy (non-hydrogen) atoms. The second kappa shape index (κ2) is 36.1. The molecule has 0 aromatic heterocycles. The maximum Gasteiger partial charge on any atom is 0.417 e. The molecule has 3 atom stereocenters. The average molecular weight is 1660 g/mol. The van der Waals surface area contributed by atoms with Crippen LogP contribution in [-0.2, 0) is 60.0 Å². The van der Waals surface area contributed by atoms with Gasteiger partial charge in [-0.3, -0.25) is 48.2 Å². The number of hydrogen-bond acceptors (Lipinski definition) is 16. The van der Waals surface area contributed by atoms with Gasteiger partial charge in [0.25, 0.3) is 17.7 Å². The first-order chi connectivity index (χ1) is 51.1. The molecule has 0 aliphatic carbocycles. The minimum Gasteiger partial charge on any atom is -0.452 e. The number of benzene rings is 6. The summed E-state index contributed by atoms with van der Waals surface area (Å²) in [6, 6.07) is 29.4. The first-order valence-corrected chi connectivity index (χ1v) is 34.9. The number of methoxy groups -OCH3 is 1. The fraction of sp³-hybridized carbons (Fsp3) is 0.342. The number of carbonyl (C=O) groups excluding carboxylic acids is 9. The molecule has 0 fully saturated rings. The van der Waals surface area contributed by atoms with Gasteiger partial charge in [-0.2, -0.15) is 39.5 Å². The highest BCUT2D eigenvalue weighted by Crippen LogP contribution is 2.42. The van der Waals surface area contributed by atoms with E-state index in [1.165, 1.54) is 25.1 Å². The molecule has 0 spiro atoms. The van der Waals surface area contributed by atoms with E-state index < -0.39 is 128 Å². The van der Waals surface area contributed by atoms with E-state index in [0.29, 0.717) is 115 Å². The second-order valence-corrected chi connectivity index (χ2v) is 28.4. The van der Waals surface area contributed by atoms with Crippen molar-refractivity contribution in [1.29, 1.82) is 0 Å². The highest BCUT2D eigenvalue weighted by molar-refractivity contribution is 6.36. The van der Waals surface area contributed by atoms with Crippen molar-refractivity contribution in [2.75, 3.05) is 46.4 Å². The summed E-state index contributed by atoms with van der Waals surface area (Å²) in [5, 5.41) is 20.2. The minimum absolute atomic E-state index is 0.0432. The Kier molecular flexibility index (Phi) is 28.8. The number of imide groups is 3. The second-order valence-electron chi connectivity index (χ2n) is 25.8. The molecule has 0 radical (unpaired) electrons. The van der Waals surface area contributed by atoms with Crippen LogP contribution in [0.5, 0.6) is 0 Å². The molecule has 0 bridgehead atoms. The Morgan fingerprint density at radius 3 is 0.955 bits per heavy atom. The SMILES string of the molecule is CC(=O)N(CC(=O)NCC(F)(F)F)C(=O)c1ccc(C2=NOC(C)(c3cc(Cl)cc(Cl)c3)C2)cc1C.CCC(=O)N(CC(=O)NCC(F)(F)F)C(=O)c1ccc(C2=NOC(C)(c3cc(Cl)cc(Cl)c3)C2)cc1C.COC(=O)N(CC(=O)NCC(F)(F)F)C(=O)c1ccc(C2=NOC(C)(c3cc(Cl)cc(Cl)c3)C2)cc1C. The lowest BCUT2D eigenvalue weighted by Gasteiger charge is -2.22. The van der Waals surface area contributed by atoms with Crippen molar-refractivity contribution in [3.8, 4) is 0 Å². The van der Waals surface area contributed by atoms with Gasteiger partial charge < -0.3 is 35.2 Å². The van der Waals surface area contributed by atoms with Crippen molar-refractivity contribution < 1.29 is 102 Å². The minimum atomic E-state index is -4.65. The molecular weight excluding hydrogens is 1590 g/mol. The van der Waals surface area contributed by atoms with Crippen LogP contribution in [0.2, 0.25) is 30.1 Å². The third kappa shape index (κ3) is 23.7. The van der Waals surface area contributed by atoms with Crippen molar-refractivity contribution >= 4 is 140 Å². The van der Waals surface area contributed by atoms with Crippen LogP contribution >= 0.6 is 69.6 Å². The molecule has 6 aromatic carbocycles. The Hall–Kier alpha value is -9.53. The number of amides is 9. The molecule has 3 aliphatic heterocycles. The molecular formula is C73H68Cl6F9N9O13. The first kappa shape index (κ1) is 87.7. The number of nitrogens with one attached hydrogen (secondary N) is 3. The maximum atomic E-state index is 13.1. The van der Waals surface area contributed by atoms with Crippen LogP contribution in [0.15, 0.2) is 125 Å². The van der Waals surface area contributed by atoms with Gasteiger partial charge in [0, 0.05) is 96.1 Å². The van der Waals surface area contributed by atoms with E-state index in [-0.39, 0.29) is 23.1 Å². The fourth-order valence-electron chi connectivity index (χ4n) is 11.1. The van der Waals surface area contributed by atoms with Gasteiger partial charge in [0.1, 0.15) is 39.3 Å². The number of aryl methyl sites for hydroxylation is 3. The zero-order valence-electron chi connectivity index (χ0n) is 59.6. The van der Waals surface area contributed by atoms with E-state index >= 15 is 0 Å². The van der Waals surface area contributed by atoms with Gasteiger partial charge in [-0.1, -0.05) is 110 Å². The quantitative estimate of drug-likeness (QED) is 0.0637. The summed E-state index contributed by atoms with van der Waals surface area (Å²) < 4.78 is 116. The van der Waals surface area contributed by atoms with E-state index in [0.717, 1.165) is 30.7 Å². The largest absolute Gasteiger partial charge is 0.452 e. The van der Waals surface area contributed by atoms with Gasteiger partial charge in [0.05, 0.1) is 24.2 Å². The maximum absolute atomic E-state index is 13.1. The average Bonchev–Trinajstić information content (AvgIpc) is 1.62. The molecule has 3 heterocycles. The summed E-state index contributed by atoms with van der Waals surface area (Å²) in [6.45, 7) is 5.55. The lowest BCUT2D eigenvalue weighted by molar-refractivity contribution is -0.141. The molecule has 37 heteroatoms. The van der Waals surface area contributed by atoms with E-state index in [1.54, 1.807) is 128 Å². The number of halogens is 15. The van der Waals surface area contributed by atoms with Crippen molar-refractivity contribution in [3.63, 3.8) is 0 Å². The van der Waals surface area contributed by atoms with Crippen LogP contribution in [0.4, 0.5) is 44.3 Å². The monoisotopic (exact) mass is 1660 g/mol. The lowest BCUT2D eigenvalue weighted by atomic mass is 9.88. The lowest BCUT2D eigenvalue weighted by Crippen LogP contribution is -2.46. The number of alkyl halides is 9. The highest BCUT2D eigenvalue weighted by Gasteiger charge is 2.42. The molecule has 0 saturated carbocycles. The number of carbonyl (C=O) groups is 9. The van der Waals surface area contributed by atoms with Crippen molar-refractivity contribution in [3.05, 3.63) is 206 Å². The third-order valence-corrected chi connectivity index (χ3v) is 18.2. The summed E-state index contributed by atoms with van der Waals surface area (Å²) in [7, 11) is 0.981. The van der Waals surface area contributed by atoms with Gasteiger partial charge in [-0.05, 0) is 166 Å². The topological polar surface area (TPSA) is 273 Å². The Bertz CT molecular complexity index is 4450. The third-order valence-electron chi connectivity index (χ3n) is 16.9. The normalized spacial score (nSPS) is 17.1. The molecule has 3 aliphatic rings. The van der Waals surface area contributed by atoms with Crippen LogP contribution in [0.1, 0.15) is 141 Å². The molecule has 9 amide bonds. The molecule has 3 unspecified atom stereocenters. The molecule has 3 N–H and O–H groups in total. The summed E-state index contributed by atoms with van der Waals surface area (Å²) in [5.41, 5.74) is 5.15. The predicted molar refractivity (Wildman–Crippen MR) is 390 cm³/mol. The molecule has 6 aromatic rings. The van der Waals surface area contributed by atoms with E-state index in [9.17, 15) is 82.7 Å². The number of ether oxygens (including phenoxy) is 1. The number of rotatable bonds is 19. The number of hydrogen-bond donors (Lipinski definition) is 3. The zero-order chi connectivity index (χ0) is 81.9. The highest BCUT2D eigenvalue weighted by atomic mass is 35.5. The van der Waals surface area contributed by atoms with Gasteiger partial charge in [-0.15, -0.1) is 0 Å². The zero-order valence-corrected chi connectivity index (χ0v) is 64.2. The van der Waals surface area contributed by atoms with E-state index in [4.69, 9.17) is 84.1 Å². The smallest absolute Gasteiger partial charge is 0.417 e. The summed E-state index contributed by atoms with van der Waals surface area (Å²) in [6.07, 6.45) is -14.1. The van der Waals surface area contributed by atoms with Gasteiger partial charge in [-0.25, -0.2) is 9.69 Å². The Balaban J connectivity index is 0.000000229. The fourth-order valence-corrected chi connectivity index (χ4v) is 12.7. The standard InChI is InChI=1S/C25H24Cl2F3N3O4.C24H22Cl2F3N3O5.C24H22Cl2F3N3O4/c1-4-22(35)33(12-21(34)31-13-25(28,29)30)23(36)19-6-5-15(7-14(19)2)20-11-24(3,37-32-20)16-8-17(26)10-18(27)9-16;1-13-6-14(19-10-23(2,37-31-19)15-7-16(25)9-17(26)8-15)4-5-18(13)21(34)32(22(35)36-3)11-20(33)30-12-24(27,28)29;1-13-6-15(20-10-23(3,36-31-20)16-7-17(25)9-18(26)8-16)4-5-19(13)22(35)32(14(2)33)11-21(34)30-12-24(27,28)29/h5-10H,4,11-13H2,1-3H3,(H,31,34);4-9H,10-12H2,1-3H3,(H,30,33);4-9H,10-12H2,1-3H3,(H,30,34). The molecule has 9 rings (SSSR count). The van der Waals surface area contributed by atoms with Crippen LogP contribution < -0.4 is 16.0 Å². The van der Waals surface area contributed by atoms with Gasteiger partial charge in [0.2, 0.25) is 29.5 Å². The number of oxime groups is 3. The van der Waals surface area contributed by atoms with Gasteiger partial charge in [0.15, 0.2) is 16.8 Å².